The number of nitrogens with zero attached hydrogens (tertiary/aromatic N) is 3. The molecule has 1 aromatic rings. The SMILES string of the molecule is Cc1nc(SCC(C)(N)C#N)n[nH]1. The predicted molar refractivity (Wildman–Crippen MR) is 50.0 cm³/mol. The molecule has 1 rings (SSSR count). The summed E-state index contributed by atoms with van der Waals surface area (Å²) in [5, 5.41) is 15.9. The maximum atomic E-state index is 8.64. The van der Waals surface area contributed by atoms with Gasteiger partial charge < -0.3 is 5.73 Å². The Hall–Kier alpha value is -1.06. The van der Waals surface area contributed by atoms with Crippen molar-refractivity contribution in [3.05, 3.63) is 5.82 Å². The van der Waals surface area contributed by atoms with Crippen molar-refractivity contribution < 1.29 is 0 Å². The lowest BCUT2D eigenvalue weighted by Gasteiger charge is -2.12. The van der Waals surface area contributed by atoms with Crippen molar-refractivity contribution in [2.24, 2.45) is 5.73 Å². The van der Waals surface area contributed by atoms with Crippen LogP contribution in [0.4, 0.5) is 0 Å². The van der Waals surface area contributed by atoms with E-state index in [9.17, 15) is 0 Å². The molecule has 0 saturated heterocycles. The Kier molecular flexibility index (Phi) is 2.90. The molecule has 3 N–H and O–H groups in total. The second-order valence-electron chi connectivity index (χ2n) is 3.02. The molecule has 0 saturated carbocycles. The van der Waals surface area contributed by atoms with Crippen molar-refractivity contribution in [1.29, 1.82) is 5.26 Å². The van der Waals surface area contributed by atoms with Gasteiger partial charge in [0.05, 0.1) is 6.07 Å². The van der Waals surface area contributed by atoms with Crippen LogP contribution in [0, 0.1) is 18.3 Å². The predicted octanol–water partition coefficient (Wildman–Crippen LogP) is 0.446. The zero-order valence-corrected chi connectivity index (χ0v) is 8.35. The number of H-pyrrole nitrogens is 1. The van der Waals surface area contributed by atoms with Crippen LogP contribution in [-0.2, 0) is 0 Å². The van der Waals surface area contributed by atoms with Gasteiger partial charge in [-0.2, -0.15) is 5.26 Å². The molecule has 1 heterocycles. The van der Waals surface area contributed by atoms with E-state index in [0.717, 1.165) is 5.82 Å². The van der Waals surface area contributed by atoms with E-state index in [1.54, 1.807) is 6.92 Å². The summed E-state index contributed by atoms with van der Waals surface area (Å²) in [6, 6.07) is 2.01. The maximum absolute atomic E-state index is 8.64. The van der Waals surface area contributed by atoms with E-state index in [2.05, 4.69) is 15.2 Å². The third-order valence-electron chi connectivity index (χ3n) is 1.33. The first-order valence-electron chi connectivity index (χ1n) is 3.75. The Morgan fingerprint density at radius 3 is 2.92 bits per heavy atom. The standard InChI is InChI=1S/C7H11N5S/c1-5-10-6(12-11-5)13-4-7(2,9)3-8/h4,9H2,1-2H3,(H,10,11,12). The van der Waals surface area contributed by atoms with E-state index in [0.29, 0.717) is 10.9 Å². The first-order valence-corrected chi connectivity index (χ1v) is 4.74. The van der Waals surface area contributed by atoms with Crippen LogP contribution in [0.15, 0.2) is 5.16 Å². The third-order valence-corrected chi connectivity index (χ3v) is 2.52. The van der Waals surface area contributed by atoms with Gasteiger partial charge >= 0.3 is 0 Å². The molecule has 0 amide bonds. The minimum absolute atomic E-state index is 0.487. The molecule has 1 unspecified atom stereocenters. The number of nitriles is 1. The zero-order valence-electron chi connectivity index (χ0n) is 7.53. The van der Waals surface area contributed by atoms with Gasteiger partial charge in [-0.15, -0.1) is 5.10 Å². The highest BCUT2D eigenvalue weighted by Gasteiger charge is 2.18. The van der Waals surface area contributed by atoms with Crippen molar-refractivity contribution in [1.82, 2.24) is 15.2 Å². The van der Waals surface area contributed by atoms with Gasteiger partial charge in [-0.05, 0) is 13.8 Å². The highest BCUT2D eigenvalue weighted by atomic mass is 32.2. The van der Waals surface area contributed by atoms with Gasteiger partial charge in [0, 0.05) is 5.75 Å². The Labute approximate surface area is 80.7 Å². The first-order chi connectivity index (χ1) is 6.03. The van der Waals surface area contributed by atoms with Crippen molar-refractivity contribution in [2.75, 3.05) is 5.75 Å². The van der Waals surface area contributed by atoms with E-state index < -0.39 is 5.54 Å². The maximum Gasteiger partial charge on any atom is 0.208 e. The summed E-state index contributed by atoms with van der Waals surface area (Å²) in [4.78, 5) is 4.08. The lowest BCUT2D eigenvalue weighted by atomic mass is 10.1. The number of rotatable bonds is 3. The van der Waals surface area contributed by atoms with E-state index in [1.165, 1.54) is 11.8 Å². The summed E-state index contributed by atoms with van der Waals surface area (Å²) in [5.74, 6) is 1.25. The van der Waals surface area contributed by atoms with E-state index in [4.69, 9.17) is 11.0 Å². The van der Waals surface area contributed by atoms with Crippen molar-refractivity contribution in [2.45, 2.75) is 24.5 Å². The molecule has 6 heteroatoms. The monoisotopic (exact) mass is 197 g/mol. The molecule has 70 valence electrons. The number of hydrogen-bond donors (Lipinski definition) is 2. The average Bonchev–Trinajstić information content (AvgIpc) is 2.48. The van der Waals surface area contributed by atoms with Gasteiger partial charge in [-0.25, -0.2) is 4.98 Å². The highest BCUT2D eigenvalue weighted by Crippen LogP contribution is 2.16. The van der Waals surface area contributed by atoms with Crippen LogP contribution in [0.3, 0.4) is 0 Å². The quantitative estimate of drug-likeness (QED) is 0.686. The van der Waals surface area contributed by atoms with Crippen LogP contribution in [-0.4, -0.2) is 26.5 Å². The minimum Gasteiger partial charge on any atom is -0.313 e. The van der Waals surface area contributed by atoms with Crippen LogP contribution in [0.1, 0.15) is 12.7 Å². The number of hydrogen-bond acceptors (Lipinski definition) is 5. The molecule has 0 aromatic carbocycles. The Morgan fingerprint density at radius 1 is 1.77 bits per heavy atom. The summed E-state index contributed by atoms with van der Waals surface area (Å²) in [6.07, 6.45) is 0. The molecule has 0 aliphatic carbocycles. The molecular weight excluding hydrogens is 186 g/mol. The van der Waals surface area contributed by atoms with Crippen molar-refractivity contribution >= 4 is 11.8 Å². The molecule has 0 spiro atoms. The fourth-order valence-electron chi connectivity index (χ4n) is 0.633. The largest absolute Gasteiger partial charge is 0.313 e. The fraction of sp³-hybridized carbons (Fsp3) is 0.571. The second kappa shape index (κ2) is 3.77. The van der Waals surface area contributed by atoms with E-state index in [-0.39, 0.29) is 0 Å². The normalized spacial score (nSPS) is 14.9. The molecule has 5 nitrogen and oxygen atoms in total. The van der Waals surface area contributed by atoms with Gasteiger partial charge in [0.25, 0.3) is 0 Å². The molecule has 0 aliphatic heterocycles. The number of aromatic amines is 1. The summed E-state index contributed by atoms with van der Waals surface area (Å²) >= 11 is 1.37. The number of aryl methyl sites for hydroxylation is 1. The van der Waals surface area contributed by atoms with Crippen LogP contribution < -0.4 is 5.73 Å². The number of nitrogens with one attached hydrogen (secondary N) is 1. The minimum atomic E-state index is -0.820. The number of thioether (sulfide) groups is 1. The van der Waals surface area contributed by atoms with Gasteiger partial charge in [-0.3, -0.25) is 5.10 Å². The average molecular weight is 197 g/mol. The van der Waals surface area contributed by atoms with Crippen molar-refractivity contribution in [3.8, 4) is 6.07 Å². The van der Waals surface area contributed by atoms with Crippen LogP contribution in [0.25, 0.3) is 0 Å². The van der Waals surface area contributed by atoms with Crippen LogP contribution >= 0.6 is 11.8 Å². The molecular formula is C7H11N5S. The highest BCUT2D eigenvalue weighted by molar-refractivity contribution is 7.99. The van der Waals surface area contributed by atoms with E-state index in [1.807, 2.05) is 13.0 Å². The van der Waals surface area contributed by atoms with Gasteiger partial charge in [0.2, 0.25) is 5.16 Å². The number of nitrogens with two attached hydrogens (primary N) is 1. The summed E-state index contributed by atoms with van der Waals surface area (Å²) in [6.45, 7) is 3.50. The Balaban J connectivity index is 2.49. The lowest BCUT2D eigenvalue weighted by Crippen LogP contribution is -2.36. The molecule has 0 radical (unpaired) electrons. The molecule has 0 aliphatic rings. The number of aromatic nitrogens is 3. The lowest BCUT2D eigenvalue weighted by molar-refractivity contribution is 0.681. The van der Waals surface area contributed by atoms with Gasteiger partial charge in [-0.1, -0.05) is 11.8 Å². The zero-order chi connectivity index (χ0) is 9.90. The second-order valence-corrected chi connectivity index (χ2v) is 3.96. The smallest absolute Gasteiger partial charge is 0.208 e. The Morgan fingerprint density at radius 2 is 2.46 bits per heavy atom. The molecule has 0 bridgehead atoms. The van der Waals surface area contributed by atoms with Gasteiger partial charge in [0.15, 0.2) is 0 Å². The topological polar surface area (TPSA) is 91.4 Å². The van der Waals surface area contributed by atoms with E-state index >= 15 is 0 Å². The summed E-state index contributed by atoms with van der Waals surface area (Å²) in [7, 11) is 0. The Bertz CT molecular complexity index is 324. The van der Waals surface area contributed by atoms with Crippen LogP contribution in [0.5, 0.6) is 0 Å². The van der Waals surface area contributed by atoms with Crippen molar-refractivity contribution in [3.63, 3.8) is 0 Å². The first kappa shape index (κ1) is 10.0. The third kappa shape index (κ3) is 3.05. The van der Waals surface area contributed by atoms with Crippen LogP contribution in [0.2, 0.25) is 0 Å². The summed E-state index contributed by atoms with van der Waals surface area (Å²) < 4.78 is 0. The fourth-order valence-corrected chi connectivity index (χ4v) is 1.44. The molecule has 13 heavy (non-hydrogen) atoms. The van der Waals surface area contributed by atoms with Gasteiger partial charge in [0.1, 0.15) is 11.4 Å². The molecule has 0 fully saturated rings. The molecule has 1 aromatic heterocycles. The summed E-state index contributed by atoms with van der Waals surface area (Å²) in [5.41, 5.74) is 4.80. The molecule has 1 atom stereocenters.